The standard InChI is InChI=1S/C16H15NO6/c1-17(15(18)13-6-7-14(23-13)16(19)20)8-10-9-21-11-4-2-3-5-12(11)22-10/h2-7,10H,8-9H2,1H3,(H,19,20). The first-order valence-corrected chi connectivity index (χ1v) is 7.01. The van der Waals surface area contributed by atoms with Crippen LogP contribution in [0.3, 0.4) is 0 Å². The summed E-state index contributed by atoms with van der Waals surface area (Å²) < 4.78 is 16.4. The Morgan fingerprint density at radius 3 is 2.57 bits per heavy atom. The lowest BCUT2D eigenvalue weighted by Gasteiger charge is -2.29. The van der Waals surface area contributed by atoms with Crippen LogP contribution < -0.4 is 9.47 Å². The second-order valence-corrected chi connectivity index (χ2v) is 5.15. The molecule has 1 aliphatic heterocycles. The van der Waals surface area contributed by atoms with Crippen molar-refractivity contribution in [2.75, 3.05) is 20.2 Å². The number of carbonyl (C=O) groups is 2. The minimum atomic E-state index is -1.22. The number of para-hydroxylation sites is 2. The quantitative estimate of drug-likeness (QED) is 0.926. The van der Waals surface area contributed by atoms with Gasteiger partial charge < -0.3 is 23.9 Å². The van der Waals surface area contributed by atoms with Gasteiger partial charge in [-0.05, 0) is 24.3 Å². The fraction of sp³-hybridized carbons (Fsp3) is 0.250. The van der Waals surface area contributed by atoms with E-state index >= 15 is 0 Å². The molecule has 7 nitrogen and oxygen atoms in total. The van der Waals surface area contributed by atoms with Gasteiger partial charge in [0.2, 0.25) is 5.76 Å². The second-order valence-electron chi connectivity index (χ2n) is 5.15. The van der Waals surface area contributed by atoms with Gasteiger partial charge in [0.05, 0.1) is 6.54 Å². The van der Waals surface area contributed by atoms with Crippen molar-refractivity contribution >= 4 is 11.9 Å². The van der Waals surface area contributed by atoms with Crippen molar-refractivity contribution < 1.29 is 28.6 Å². The van der Waals surface area contributed by atoms with Crippen LogP contribution in [0.2, 0.25) is 0 Å². The molecule has 0 fully saturated rings. The van der Waals surface area contributed by atoms with Crippen LogP contribution >= 0.6 is 0 Å². The normalized spacial score (nSPS) is 16.0. The second kappa shape index (κ2) is 6.04. The smallest absolute Gasteiger partial charge is 0.371 e. The molecule has 1 N–H and O–H groups in total. The summed E-state index contributed by atoms with van der Waals surface area (Å²) >= 11 is 0. The van der Waals surface area contributed by atoms with Gasteiger partial charge in [-0.15, -0.1) is 0 Å². The largest absolute Gasteiger partial charge is 0.486 e. The molecule has 0 saturated carbocycles. The number of ether oxygens (including phenoxy) is 2. The lowest BCUT2D eigenvalue weighted by Crippen LogP contribution is -2.41. The first-order valence-electron chi connectivity index (χ1n) is 7.01. The Morgan fingerprint density at radius 1 is 1.17 bits per heavy atom. The van der Waals surface area contributed by atoms with Crippen molar-refractivity contribution in [1.82, 2.24) is 4.90 Å². The van der Waals surface area contributed by atoms with Crippen LogP contribution in [0.1, 0.15) is 21.1 Å². The Hall–Kier alpha value is -2.96. The Balaban J connectivity index is 1.64. The number of aromatic carboxylic acids is 1. The number of carbonyl (C=O) groups excluding carboxylic acids is 1. The number of benzene rings is 1. The molecule has 7 heteroatoms. The van der Waals surface area contributed by atoms with Gasteiger partial charge in [-0.1, -0.05) is 12.1 Å². The van der Waals surface area contributed by atoms with E-state index in [1.54, 1.807) is 13.1 Å². The van der Waals surface area contributed by atoms with Gasteiger partial charge in [0.25, 0.3) is 5.91 Å². The Kier molecular flexibility index (Phi) is 3.92. The molecule has 2 heterocycles. The Labute approximate surface area is 132 Å². The minimum absolute atomic E-state index is 0.0259. The predicted octanol–water partition coefficient (Wildman–Crippen LogP) is 1.89. The van der Waals surface area contributed by atoms with Gasteiger partial charge in [0.1, 0.15) is 6.61 Å². The van der Waals surface area contributed by atoms with Crippen molar-refractivity contribution in [2.45, 2.75) is 6.10 Å². The van der Waals surface area contributed by atoms with Crippen LogP contribution in [0.5, 0.6) is 11.5 Å². The lowest BCUT2D eigenvalue weighted by atomic mass is 10.2. The molecule has 2 aromatic rings. The molecule has 0 bridgehead atoms. The number of amides is 1. The summed E-state index contributed by atoms with van der Waals surface area (Å²) in [4.78, 5) is 24.4. The van der Waals surface area contributed by atoms with Gasteiger partial charge in [0, 0.05) is 7.05 Å². The summed E-state index contributed by atoms with van der Waals surface area (Å²) in [6.45, 7) is 0.615. The van der Waals surface area contributed by atoms with Crippen molar-refractivity contribution in [1.29, 1.82) is 0 Å². The number of hydrogen-bond donors (Lipinski definition) is 1. The first-order chi connectivity index (χ1) is 11.0. The molecule has 1 aromatic carbocycles. The predicted molar refractivity (Wildman–Crippen MR) is 79.0 cm³/mol. The molecule has 1 amide bonds. The zero-order valence-corrected chi connectivity index (χ0v) is 12.4. The molecule has 1 aliphatic rings. The Bertz CT molecular complexity index is 738. The average molecular weight is 317 g/mol. The third-order valence-corrected chi connectivity index (χ3v) is 3.42. The van der Waals surface area contributed by atoms with Crippen molar-refractivity contribution in [3.8, 4) is 11.5 Å². The lowest BCUT2D eigenvalue weighted by molar-refractivity contribution is 0.0497. The van der Waals surface area contributed by atoms with Crippen molar-refractivity contribution in [3.05, 3.63) is 47.9 Å². The Morgan fingerprint density at radius 2 is 1.87 bits per heavy atom. The number of carboxylic acid groups (broad SMARTS) is 1. The fourth-order valence-electron chi connectivity index (χ4n) is 2.30. The van der Waals surface area contributed by atoms with Crippen LogP contribution in [0, 0.1) is 0 Å². The molecule has 23 heavy (non-hydrogen) atoms. The summed E-state index contributed by atoms with van der Waals surface area (Å²) in [6, 6.07) is 9.91. The van der Waals surface area contributed by atoms with Crippen LogP contribution in [-0.2, 0) is 0 Å². The minimum Gasteiger partial charge on any atom is -0.486 e. The summed E-state index contributed by atoms with van der Waals surface area (Å²) in [7, 11) is 1.59. The number of rotatable bonds is 4. The molecule has 0 saturated heterocycles. The van der Waals surface area contributed by atoms with E-state index in [9.17, 15) is 9.59 Å². The van der Waals surface area contributed by atoms with E-state index in [0.717, 1.165) is 0 Å². The number of likely N-dealkylation sites (N-methyl/N-ethyl adjacent to an activating group) is 1. The highest BCUT2D eigenvalue weighted by atomic mass is 16.6. The molecule has 1 aromatic heterocycles. The van der Waals surface area contributed by atoms with Gasteiger partial charge in [-0.2, -0.15) is 0 Å². The number of nitrogens with zero attached hydrogens (tertiary/aromatic N) is 1. The maximum Gasteiger partial charge on any atom is 0.371 e. The van der Waals surface area contributed by atoms with Crippen LogP contribution in [0.4, 0.5) is 0 Å². The maximum atomic E-state index is 12.2. The van der Waals surface area contributed by atoms with Gasteiger partial charge >= 0.3 is 5.97 Å². The monoisotopic (exact) mass is 317 g/mol. The van der Waals surface area contributed by atoms with E-state index in [1.807, 2.05) is 18.2 Å². The molecule has 0 aliphatic carbocycles. The number of carboxylic acids is 1. The van der Waals surface area contributed by atoms with Crippen molar-refractivity contribution in [3.63, 3.8) is 0 Å². The zero-order valence-electron chi connectivity index (χ0n) is 12.4. The fourth-order valence-corrected chi connectivity index (χ4v) is 2.30. The summed E-state index contributed by atoms with van der Waals surface area (Å²) in [6.07, 6.45) is -0.312. The number of hydrogen-bond acceptors (Lipinski definition) is 5. The van der Waals surface area contributed by atoms with Crippen LogP contribution in [-0.4, -0.2) is 48.2 Å². The van der Waals surface area contributed by atoms with Gasteiger partial charge in [-0.3, -0.25) is 4.79 Å². The van der Waals surface area contributed by atoms with E-state index in [0.29, 0.717) is 18.1 Å². The molecule has 0 radical (unpaired) electrons. The molecule has 1 unspecified atom stereocenters. The number of fused-ring (bicyclic) bond motifs is 1. The molecular formula is C16H15NO6. The van der Waals surface area contributed by atoms with Crippen LogP contribution in [0.15, 0.2) is 40.8 Å². The van der Waals surface area contributed by atoms with E-state index in [-0.39, 0.29) is 24.2 Å². The van der Waals surface area contributed by atoms with E-state index in [1.165, 1.54) is 17.0 Å². The van der Waals surface area contributed by atoms with E-state index < -0.39 is 11.9 Å². The molecule has 0 spiro atoms. The highest BCUT2D eigenvalue weighted by Crippen LogP contribution is 2.31. The summed E-state index contributed by atoms with van der Waals surface area (Å²) in [5.74, 6) is -0.618. The first kappa shape index (κ1) is 15.0. The van der Waals surface area contributed by atoms with Gasteiger partial charge in [0.15, 0.2) is 23.4 Å². The topological polar surface area (TPSA) is 89.2 Å². The third kappa shape index (κ3) is 3.13. The molecule has 1 atom stereocenters. The highest BCUT2D eigenvalue weighted by molar-refractivity contribution is 5.93. The third-order valence-electron chi connectivity index (χ3n) is 3.42. The molecule has 120 valence electrons. The SMILES string of the molecule is CN(CC1COc2ccccc2O1)C(=O)c1ccc(C(=O)O)o1. The molecule has 3 rings (SSSR count). The summed E-state index contributed by atoms with van der Waals surface area (Å²) in [5.41, 5.74) is 0. The number of furan rings is 1. The van der Waals surface area contributed by atoms with Crippen molar-refractivity contribution in [2.24, 2.45) is 0 Å². The average Bonchev–Trinajstić information content (AvgIpc) is 3.04. The van der Waals surface area contributed by atoms with Crippen LogP contribution in [0.25, 0.3) is 0 Å². The highest BCUT2D eigenvalue weighted by Gasteiger charge is 2.25. The molecular weight excluding hydrogens is 302 g/mol. The summed E-state index contributed by atoms with van der Waals surface area (Å²) in [5, 5.41) is 8.82. The van der Waals surface area contributed by atoms with Gasteiger partial charge in [-0.25, -0.2) is 4.79 Å². The van der Waals surface area contributed by atoms with E-state index in [4.69, 9.17) is 19.0 Å². The maximum absolute atomic E-state index is 12.2. The zero-order chi connectivity index (χ0) is 16.4. The van der Waals surface area contributed by atoms with E-state index in [2.05, 4.69) is 0 Å².